The first-order chi connectivity index (χ1) is 10.5. The number of ether oxygens (including phenoxy) is 1. The topological polar surface area (TPSA) is 64.1 Å². The van der Waals surface area contributed by atoms with Gasteiger partial charge in [-0.3, -0.25) is 4.79 Å². The van der Waals surface area contributed by atoms with Gasteiger partial charge in [0.1, 0.15) is 12.1 Å². The van der Waals surface area contributed by atoms with Crippen molar-refractivity contribution in [2.45, 2.75) is 12.6 Å². The third-order valence-corrected chi connectivity index (χ3v) is 2.82. The molecule has 1 heterocycles. The summed E-state index contributed by atoms with van der Waals surface area (Å²) >= 11 is 0. The number of nitrogens with one attached hydrogen (secondary N) is 1. The van der Waals surface area contributed by atoms with Crippen molar-refractivity contribution in [3.63, 3.8) is 0 Å². The maximum absolute atomic E-state index is 12.5. The largest absolute Gasteiger partial charge is 0.468 e. The molecule has 0 amide bonds. The molecular weight excluding hydrogens is 299 g/mol. The molecule has 1 aromatic carbocycles. The number of carbonyl (C=O) groups is 1. The first kappa shape index (κ1) is 15.7. The SMILES string of the molecule is O=COCCc1cncnc1Nc1ccc(C(F)(F)F)cc1. The number of halogens is 3. The summed E-state index contributed by atoms with van der Waals surface area (Å²) in [5.41, 5.74) is 0.425. The van der Waals surface area contributed by atoms with Crippen molar-refractivity contribution in [3.8, 4) is 0 Å². The van der Waals surface area contributed by atoms with Crippen molar-refractivity contribution in [1.82, 2.24) is 9.97 Å². The molecule has 1 aromatic heterocycles. The molecule has 1 N–H and O–H groups in total. The number of hydrogen-bond acceptors (Lipinski definition) is 5. The van der Waals surface area contributed by atoms with Crippen LogP contribution >= 0.6 is 0 Å². The fourth-order valence-electron chi connectivity index (χ4n) is 1.75. The molecular formula is C14H12F3N3O2. The van der Waals surface area contributed by atoms with Gasteiger partial charge in [-0.1, -0.05) is 0 Å². The van der Waals surface area contributed by atoms with Gasteiger partial charge in [-0.05, 0) is 24.3 Å². The molecule has 2 aromatic rings. The molecule has 2 rings (SSSR count). The van der Waals surface area contributed by atoms with E-state index in [1.807, 2.05) is 0 Å². The highest BCUT2D eigenvalue weighted by atomic mass is 19.4. The second-order valence-electron chi connectivity index (χ2n) is 4.31. The van der Waals surface area contributed by atoms with Crippen LogP contribution in [0, 0.1) is 0 Å². The van der Waals surface area contributed by atoms with E-state index >= 15 is 0 Å². The van der Waals surface area contributed by atoms with E-state index in [-0.39, 0.29) is 6.61 Å². The second-order valence-corrected chi connectivity index (χ2v) is 4.31. The van der Waals surface area contributed by atoms with E-state index in [9.17, 15) is 18.0 Å². The first-order valence-electron chi connectivity index (χ1n) is 6.29. The summed E-state index contributed by atoms with van der Waals surface area (Å²) < 4.78 is 42.1. The third-order valence-electron chi connectivity index (χ3n) is 2.82. The maximum Gasteiger partial charge on any atom is 0.416 e. The highest BCUT2D eigenvalue weighted by Gasteiger charge is 2.29. The van der Waals surface area contributed by atoms with Crippen LogP contribution in [0.5, 0.6) is 0 Å². The number of alkyl halides is 3. The number of anilines is 2. The summed E-state index contributed by atoms with van der Waals surface area (Å²) in [5, 5.41) is 2.92. The number of hydrogen-bond donors (Lipinski definition) is 1. The van der Waals surface area contributed by atoms with Crippen molar-refractivity contribution >= 4 is 18.0 Å². The summed E-state index contributed by atoms with van der Waals surface area (Å²) in [7, 11) is 0. The monoisotopic (exact) mass is 311 g/mol. The van der Waals surface area contributed by atoms with E-state index in [2.05, 4.69) is 20.0 Å². The van der Waals surface area contributed by atoms with Crippen molar-refractivity contribution < 1.29 is 22.7 Å². The van der Waals surface area contributed by atoms with Crippen LogP contribution in [0.15, 0.2) is 36.8 Å². The molecule has 0 bridgehead atoms. The Morgan fingerprint density at radius 1 is 1.23 bits per heavy atom. The molecule has 0 atom stereocenters. The molecule has 0 fully saturated rings. The lowest BCUT2D eigenvalue weighted by Gasteiger charge is -2.11. The summed E-state index contributed by atoms with van der Waals surface area (Å²) in [6, 6.07) is 4.60. The van der Waals surface area contributed by atoms with Crippen LogP contribution in [0.1, 0.15) is 11.1 Å². The van der Waals surface area contributed by atoms with Gasteiger partial charge in [0.25, 0.3) is 6.47 Å². The van der Waals surface area contributed by atoms with Gasteiger partial charge in [0, 0.05) is 23.9 Å². The average molecular weight is 311 g/mol. The summed E-state index contributed by atoms with van der Waals surface area (Å²) in [6.07, 6.45) is -1.11. The molecule has 0 radical (unpaired) electrons. The summed E-state index contributed by atoms with van der Waals surface area (Å²) in [6.45, 7) is 0.505. The number of benzene rings is 1. The predicted molar refractivity (Wildman–Crippen MR) is 72.5 cm³/mol. The van der Waals surface area contributed by atoms with Crippen molar-refractivity contribution in [3.05, 3.63) is 47.9 Å². The molecule has 116 valence electrons. The highest BCUT2D eigenvalue weighted by molar-refractivity contribution is 5.59. The van der Waals surface area contributed by atoms with Gasteiger partial charge in [0.05, 0.1) is 12.2 Å². The number of nitrogens with zero attached hydrogens (tertiary/aromatic N) is 2. The molecule has 8 heteroatoms. The lowest BCUT2D eigenvalue weighted by Crippen LogP contribution is -2.06. The van der Waals surface area contributed by atoms with E-state index in [1.165, 1.54) is 18.5 Å². The van der Waals surface area contributed by atoms with E-state index in [1.54, 1.807) is 6.20 Å². The average Bonchev–Trinajstić information content (AvgIpc) is 2.49. The Morgan fingerprint density at radius 2 is 1.95 bits per heavy atom. The normalized spacial score (nSPS) is 11.0. The third kappa shape index (κ3) is 4.18. The standard InChI is InChI=1S/C14H12F3N3O2/c15-14(16,17)11-1-3-12(4-2-11)20-13-10(5-6-22-9-21)7-18-8-19-13/h1-4,7-9H,5-6H2,(H,18,19,20). The number of carbonyl (C=O) groups excluding carboxylic acids is 1. The Morgan fingerprint density at radius 3 is 2.59 bits per heavy atom. The minimum absolute atomic E-state index is 0.165. The molecule has 0 aliphatic rings. The number of aromatic nitrogens is 2. The molecule has 5 nitrogen and oxygen atoms in total. The lowest BCUT2D eigenvalue weighted by molar-refractivity contribution is -0.137. The summed E-state index contributed by atoms with van der Waals surface area (Å²) in [5.74, 6) is 0.448. The van der Waals surface area contributed by atoms with Crippen LogP contribution in [0.4, 0.5) is 24.7 Å². The molecule has 0 unspecified atom stereocenters. The first-order valence-corrected chi connectivity index (χ1v) is 6.29. The number of rotatable bonds is 6. The van der Waals surface area contributed by atoms with Crippen LogP contribution < -0.4 is 5.32 Å². The minimum atomic E-state index is -4.37. The zero-order chi connectivity index (χ0) is 16.0. The van der Waals surface area contributed by atoms with Gasteiger partial charge in [0.15, 0.2) is 0 Å². The quantitative estimate of drug-likeness (QED) is 0.656. The minimum Gasteiger partial charge on any atom is -0.468 e. The van der Waals surface area contributed by atoms with Gasteiger partial charge in [-0.2, -0.15) is 13.2 Å². The molecule has 0 saturated carbocycles. The fourth-order valence-corrected chi connectivity index (χ4v) is 1.75. The zero-order valence-electron chi connectivity index (χ0n) is 11.3. The van der Waals surface area contributed by atoms with E-state index in [0.29, 0.717) is 30.0 Å². The van der Waals surface area contributed by atoms with E-state index in [4.69, 9.17) is 0 Å². The summed E-state index contributed by atoms with van der Waals surface area (Å²) in [4.78, 5) is 18.0. The van der Waals surface area contributed by atoms with Crippen LogP contribution in [0.25, 0.3) is 0 Å². The molecule has 0 aliphatic carbocycles. The smallest absolute Gasteiger partial charge is 0.416 e. The van der Waals surface area contributed by atoms with Gasteiger partial charge >= 0.3 is 6.18 Å². The zero-order valence-corrected chi connectivity index (χ0v) is 11.3. The van der Waals surface area contributed by atoms with Crippen LogP contribution in [0.2, 0.25) is 0 Å². The predicted octanol–water partition coefficient (Wildman–Crippen LogP) is 2.95. The van der Waals surface area contributed by atoms with Gasteiger partial charge in [-0.15, -0.1) is 0 Å². The van der Waals surface area contributed by atoms with Crippen molar-refractivity contribution in [2.75, 3.05) is 11.9 Å². The fraction of sp³-hybridized carbons (Fsp3) is 0.214. The van der Waals surface area contributed by atoms with Crippen LogP contribution in [0.3, 0.4) is 0 Å². The molecule has 0 aliphatic heterocycles. The van der Waals surface area contributed by atoms with Gasteiger partial charge in [-0.25, -0.2) is 9.97 Å². The van der Waals surface area contributed by atoms with Gasteiger partial charge in [0.2, 0.25) is 0 Å². The van der Waals surface area contributed by atoms with Crippen LogP contribution in [-0.2, 0) is 22.1 Å². The van der Waals surface area contributed by atoms with E-state index < -0.39 is 11.7 Å². The Bertz CT molecular complexity index is 630. The Balaban J connectivity index is 2.11. The Hall–Kier alpha value is -2.64. The van der Waals surface area contributed by atoms with Crippen molar-refractivity contribution in [2.24, 2.45) is 0 Å². The second kappa shape index (κ2) is 6.88. The Labute approximate surface area is 124 Å². The Kier molecular flexibility index (Phi) is 4.92. The van der Waals surface area contributed by atoms with Crippen molar-refractivity contribution in [1.29, 1.82) is 0 Å². The molecule has 0 spiro atoms. The highest BCUT2D eigenvalue weighted by Crippen LogP contribution is 2.30. The maximum atomic E-state index is 12.5. The van der Waals surface area contributed by atoms with Gasteiger partial charge < -0.3 is 10.1 Å². The van der Waals surface area contributed by atoms with Crippen LogP contribution in [-0.4, -0.2) is 23.0 Å². The molecule has 0 saturated heterocycles. The molecule has 22 heavy (non-hydrogen) atoms. The van der Waals surface area contributed by atoms with E-state index in [0.717, 1.165) is 12.1 Å². The lowest BCUT2D eigenvalue weighted by atomic mass is 10.2.